The molecule has 0 saturated heterocycles. The molecular weight excluding hydrogens is 664 g/mol. The van der Waals surface area contributed by atoms with E-state index in [1.807, 2.05) is 0 Å². The molecule has 6 N–H and O–H groups in total. The Labute approximate surface area is 316 Å². The number of unbranched alkanes of at least 4 members (excludes halogenated alkanes) is 22. The third-order valence-electron chi connectivity index (χ3n) is 9.32. The summed E-state index contributed by atoms with van der Waals surface area (Å²) in [6, 6.07) is 0. The molecule has 52 heavy (non-hydrogen) atoms. The van der Waals surface area contributed by atoms with Crippen molar-refractivity contribution in [3.05, 3.63) is 11.5 Å². The quantitative estimate of drug-likeness (QED) is 0.0286. The largest absolute Gasteiger partial charge is 0.505 e. The molecule has 0 aromatic carbocycles. The summed E-state index contributed by atoms with van der Waals surface area (Å²) in [6.45, 7) is 8.56. The van der Waals surface area contributed by atoms with Gasteiger partial charge in [-0.25, -0.2) is 4.79 Å². The molecule has 1 aliphatic heterocycles. The zero-order chi connectivity index (χ0) is 39.4. The summed E-state index contributed by atoms with van der Waals surface area (Å²) in [6.07, 6.45) is 31.9. The predicted octanol–water partition coefficient (Wildman–Crippen LogP) is 11.0. The molecule has 1 aliphatic rings. The minimum Gasteiger partial charge on any atom is -0.505 e. The summed E-state index contributed by atoms with van der Waals surface area (Å²) in [4.78, 5) is 31.2. The number of carboxylic acids is 2. The van der Waals surface area contributed by atoms with Gasteiger partial charge in [0.25, 0.3) is 0 Å². The lowest BCUT2D eigenvalue weighted by molar-refractivity contribution is -0.147. The van der Waals surface area contributed by atoms with E-state index in [0.29, 0.717) is 12.8 Å². The van der Waals surface area contributed by atoms with Crippen LogP contribution in [0.5, 0.6) is 0 Å². The highest BCUT2D eigenvalue weighted by molar-refractivity contribution is 5.89. The fourth-order valence-corrected chi connectivity index (χ4v) is 6.02. The lowest BCUT2D eigenvalue weighted by atomic mass is 10.0. The first-order chi connectivity index (χ1) is 24.8. The lowest BCUT2D eigenvalue weighted by Crippen LogP contribution is -2.31. The monoisotopic (exact) mass is 745 g/mol. The van der Waals surface area contributed by atoms with E-state index in [2.05, 4.69) is 32.4 Å². The van der Waals surface area contributed by atoms with Crippen molar-refractivity contribution >= 4 is 17.9 Å². The molecule has 308 valence electrons. The molecule has 0 radical (unpaired) electrons. The molecular formula is C42H80O10. The second-order valence-electron chi connectivity index (χ2n) is 15.4. The van der Waals surface area contributed by atoms with Crippen molar-refractivity contribution < 1.29 is 49.8 Å². The first-order valence-electron chi connectivity index (χ1n) is 20.9. The molecule has 0 saturated carbocycles. The van der Waals surface area contributed by atoms with E-state index >= 15 is 0 Å². The van der Waals surface area contributed by atoms with Crippen molar-refractivity contribution in [1.82, 2.24) is 0 Å². The van der Waals surface area contributed by atoms with Crippen LogP contribution >= 0.6 is 0 Å². The van der Waals surface area contributed by atoms with Crippen molar-refractivity contribution in [2.24, 2.45) is 11.8 Å². The van der Waals surface area contributed by atoms with Crippen LogP contribution in [0.15, 0.2) is 11.5 Å². The summed E-state index contributed by atoms with van der Waals surface area (Å²) < 4.78 is 4.32. The zero-order valence-corrected chi connectivity index (χ0v) is 33.6. The van der Waals surface area contributed by atoms with E-state index in [-0.39, 0.29) is 0 Å². The molecule has 0 aromatic heterocycles. The molecule has 0 amide bonds. The minimum absolute atomic E-state index is 0.344. The van der Waals surface area contributed by atoms with Gasteiger partial charge in [0, 0.05) is 12.8 Å². The molecule has 10 nitrogen and oxygen atoms in total. The van der Waals surface area contributed by atoms with Crippen molar-refractivity contribution in [2.45, 2.75) is 220 Å². The van der Waals surface area contributed by atoms with E-state index in [1.165, 1.54) is 141 Å². The van der Waals surface area contributed by atoms with Crippen molar-refractivity contribution in [1.29, 1.82) is 0 Å². The first-order valence-corrected chi connectivity index (χ1v) is 20.9. The van der Waals surface area contributed by atoms with Crippen LogP contribution in [0.2, 0.25) is 0 Å². The Bertz CT molecular complexity index is 840. The van der Waals surface area contributed by atoms with Crippen LogP contribution in [0.1, 0.15) is 207 Å². The van der Waals surface area contributed by atoms with E-state index in [1.54, 1.807) is 0 Å². The van der Waals surface area contributed by atoms with Gasteiger partial charge < -0.3 is 35.4 Å². The summed E-state index contributed by atoms with van der Waals surface area (Å²) in [5.74, 6) is -2.35. The Kier molecular flexibility index (Phi) is 36.8. The Morgan fingerprint density at radius 2 is 0.808 bits per heavy atom. The Morgan fingerprint density at radius 1 is 0.538 bits per heavy atom. The van der Waals surface area contributed by atoms with Gasteiger partial charge in [-0.15, -0.1) is 0 Å². The number of aliphatic hydroxyl groups is 4. The summed E-state index contributed by atoms with van der Waals surface area (Å²) in [5, 5.41) is 52.1. The molecule has 2 atom stereocenters. The normalized spacial score (nSPS) is 14.5. The van der Waals surface area contributed by atoms with Crippen LogP contribution in [0.3, 0.4) is 0 Å². The second-order valence-corrected chi connectivity index (χ2v) is 15.4. The molecule has 1 rings (SSSR count). The number of hydrogen-bond donors (Lipinski definition) is 6. The second kappa shape index (κ2) is 37.0. The van der Waals surface area contributed by atoms with Gasteiger partial charge in [-0.05, 0) is 24.7 Å². The number of aliphatic carboxylic acids is 2. The molecule has 1 heterocycles. The first kappa shape index (κ1) is 51.8. The SMILES string of the molecule is CC(C)CCCCCCCCCCCCCCC(=O)O.CC(C)CCCCCCCCCCCCCCC(=O)O.O=C1O[C@H]([C@@H](O)CO)C(O)=C1O. The van der Waals surface area contributed by atoms with Gasteiger partial charge in [0.1, 0.15) is 6.10 Å². The maximum atomic E-state index is 10.5. The standard InChI is InChI=1S/2C18H36O2.C6H8O6/c2*1-17(2)15-13-11-9-7-5-3-4-6-8-10-12-14-16-18(19)20;7-1-2(8)5-3(9)4(10)6(11)12-5/h2*17H,3-16H2,1-2H3,(H,19,20);2,5,7-10H,1H2/t;;2-,5+/m..0/s1. The maximum absolute atomic E-state index is 10.5. The molecule has 0 unspecified atom stereocenters. The predicted molar refractivity (Wildman–Crippen MR) is 209 cm³/mol. The topological polar surface area (TPSA) is 182 Å². The maximum Gasteiger partial charge on any atom is 0.377 e. The van der Waals surface area contributed by atoms with E-state index < -0.39 is 48.2 Å². The molecule has 0 aliphatic carbocycles. The summed E-state index contributed by atoms with van der Waals surface area (Å²) in [7, 11) is 0. The fourth-order valence-electron chi connectivity index (χ4n) is 6.02. The Balaban J connectivity index is 0. The van der Waals surface area contributed by atoms with Gasteiger partial charge in [0.2, 0.25) is 5.76 Å². The van der Waals surface area contributed by atoms with Crippen LogP contribution in [0.25, 0.3) is 0 Å². The summed E-state index contributed by atoms with van der Waals surface area (Å²) in [5.41, 5.74) is 0. The third kappa shape index (κ3) is 36.0. The van der Waals surface area contributed by atoms with Gasteiger partial charge in [-0.3, -0.25) is 9.59 Å². The number of rotatable bonds is 32. The minimum atomic E-state index is -1.42. The molecule has 0 bridgehead atoms. The smallest absolute Gasteiger partial charge is 0.377 e. The lowest BCUT2D eigenvalue weighted by Gasteiger charge is -2.13. The Morgan fingerprint density at radius 3 is 1.02 bits per heavy atom. The van der Waals surface area contributed by atoms with Gasteiger partial charge in [-0.1, -0.05) is 182 Å². The van der Waals surface area contributed by atoms with Crippen LogP contribution in [0, 0.1) is 11.8 Å². The zero-order valence-electron chi connectivity index (χ0n) is 33.6. The van der Waals surface area contributed by atoms with Gasteiger partial charge in [0.05, 0.1) is 6.61 Å². The summed E-state index contributed by atoms with van der Waals surface area (Å²) >= 11 is 0. The number of carbonyl (C=O) groups is 3. The van der Waals surface area contributed by atoms with Crippen molar-refractivity contribution in [2.75, 3.05) is 6.61 Å². The van der Waals surface area contributed by atoms with E-state index in [4.69, 9.17) is 30.6 Å². The van der Waals surface area contributed by atoms with E-state index in [0.717, 1.165) is 37.5 Å². The fraction of sp³-hybridized carbons (Fsp3) is 0.881. The van der Waals surface area contributed by atoms with Gasteiger partial charge >= 0.3 is 17.9 Å². The molecule has 0 aromatic rings. The molecule has 0 spiro atoms. The molecule has 0 fully saturated rings. The highest BCUT2D eigenvalue weighted by Gasteiger charge is 2.38. The van der Waals surface area contributed by atoms with Gasteiger partial charge in [0.15, 0.2) is 11.9 Å². The third-order valence-corrected chi connectivity index (χ3v) is 9.32. The highest BCUT2D eigenvalue weighted by atomic mass is 16.6. The van der Waals surface area contributed by atoms with Gasteiger partial charge in [-0.2, -0.15) is 0 Å². The van der Waals surface area contributed by atoms with Crippen LogP contribution in [-0.2, 0) is 19.1 Å². The van der Waals surface area contributed by atoms with Crippen molar-refractivity contribution in [3.63, 3.8) is 0 Å². The average molecular weight is 745 g/mol. The number of carbonyl (C=O) groups excluding carboxylic acids is 1. The van der Waals surface area contributed by atoms with E-state index in [9.17, 15) is 14.4 Å². The van der Waals surface area contributed by atoms with Crippen molar-refractivity contribution in [3.8, 4) is 0 Å². The van der Waals surface area contributed by atoms with Crippen LogP contribution in [0.4, 0.5) is 0 Å². The number of aliphatic hydroxyl groups excluding tert-OH is 4. The average Bonchev–Trinajstić information content (AvgIpc) is 3.35. The molecule has 10 heteroatoms. The number of esters is 1. The number of ether oxygens (including phenoxy) is 1. The van der Waals surface area contributed by atoms with Crippen LogP contribution in [-0.4, -0.2) is 67.4 Å². The number of cyclic esters (lactones) is 1. The Hall–Kier alpha value is -2.33. The highest BCUT2D eigenvalue weighted by Crippen LogP contribution is 2.21. The van der Waals surface area contributed by atoms with Crippen LogP contribution < -0.4 is 0 Å². The number of carboxylic acid groups (broad SMARTS) is 2. The number of hydrogen-bond acceptors (Lipinski definition) is 8.